The molecule has 1 aromatic heterocycles. The Labute approximate surface area is 81.8 Å². The summed E-state index contributed by atoms with van der Waals surface area (Å²) in [5, 5.41) is 8.74. The van der Waals surface area contributed by atoms with Gasteiger partial charge >= 0.3 is 5.97 Å². The number of aromatic carboxylic acids is 1. The summed E-state index contributed by atoms with van der Waals surface area (Å²) in [5.74, 6) is -0.513. The Morgan fingerprint density at radius 2 is 2.29 bits per heavy atom. The summed E-state index contributed by atoms with van der Waals surface area (Å²) >= 11 is 0. The molecule has 74 valence electrons. The molecular weight excluding hydrogens is 180 g/mol. The molecule has 0 bridgehead atoms. The fourth-order valence-corrected chi connectivity index (χ4v) is 1.45. The number of nitrogens with two attached hydrogens (primary N) is 1. The summed E-state index contributed by atoms with van der Waals surface area (Å²) in [4.78, 5) is 14.7. The number of hydrogen-bond acceptors (Lipinski definition) is 3. The van der Waals surface area contributed by atoms with Crippen molar-refractivity contribution in [3.63, 3.8) is 0 Å². The van der Waals surface area contributed by atoms with Gasteiger partial charge in [-0.1, -0.05) is 6.07 Å². The van der Waals surface area contributed by atoms with Crippen LogP contribution in [0.2, 0.25) is 0 Å². The summed E-state index contributed by atoms with van der Waals surface area (Å²) in [5.41, 5.74) is 6.67. The van der Waals surface area contributed by atoms with Crippen LogP contribution >= 0.6 is 0 Å². The summed E-state index contributed by atoms with van der Waals surface area (Å²) < 4.78 is 0. The fraction of sp³-hybridized carbons (Fsp3) is 0.400. The van der Waals surface area contributed by atoms with E-state index in [1.165, 1.54) is 6.07 Å². The first kappa shape index (κ1) is 9.15. The number of carboxylic acids is 1. The van der Waals surface area contributed by atoms with Crippen LogP contribution in [0.5, 0.6) is 0 Å². The van der Waals surface area contributed by atoms with E-state index in [0.29, 0.717) is 11.6 Å². The topological polar surface area (TPSA) is 76.2 Å². The second-order valence-corrected chi connectivity index (χ2v) is 3.62. The van der Waals surface area contributed by atoms with Gasteiger partial charge in [0.25, 0.3) is 0 Å². The Morgan fingerprint density at radius 1 is 1.57 bits per heavy atom. The normalized spacial score (nSPS) is 17.8. The van der Waals surface area contributed by atoms with Crippen LogP contribution in [-0.4, -0.2) is 16.1 Å². The van der Waals surface area contributed by atoms with Gasteiger partial charge in [0, 0.05) is 6.04 Å². The van der Waals surface area contributed by atoms with Crippen LogP contribution in [0, 0.1) is 5.92 Å². The van der Waals surface area contributed by atoms with Gasteiger partial charge in [-0.15, -0.1) is 0 Å². The number of aromatic nitrogens is 1. The molecule has 1 aliphatic rings. The van der Waals surface area contributed by atoms with Gasteiger partial charge in [0.05, 0.1) is 5.69 Å². The van der Waals surface area contributed by atoms with Crippen LogP contribution in [0.4, 0.5) is 0 Å². The Morgan fingerprint density at radius 3 is 2.86 bits per heavy atom. The molecule has 0 aromatic carbocycles. The highest BCUT2D eigenvalue weighted by atomic mass is 16.4. The molecule has 1 aromatic rings. The molecule has 0 amide bonds. The molecule has 1 fully saturated rings. The van der Waals surface area contributed by atoms with Gasteiger partial charge in [-0.2, -0.15) is 0 Å². The third kappa shape index (κ3) is 1.75. The van der Waals surface area contributed by atoms with Crippen LogP contribution in [-0.2, 0) is 0 Å². The summed E-state index contributed by atoms with van der Waals surface area (Å²) in [6, 6.07) is 4.85. The van der Waals surface area contributed by atoms with E-state index in [2.05, 4.69) is 4.98 Å². The van der Waals surface area contributed by atoms with E-state index in [1.54, 1.807) is 12.1 Å². The predicted octanol–water partition coefficient (Wildman–Crippen LogP) is 1.19. The second kappa shape index (κ2) is 3.38. The highest BCUT2D eigenvalue weighted by Crippen LogP contribution is 2.38. The van der Waals surface area contributed by atoms with Gasteiger partial charge in [-0.3, -0.25) is 0 Å². The van der Waals surface area contributed by atoms with Crippen molar-refractivity contribution >= 4 is 5.97 Å². The van der Waals surface area contributed by atoms with Crippen molar-refractivity contribution in [2.75, 3.05) is 0 Å². The smallest absolute Gasteiger partial charge is 0.354 e. The zero-order valence-electron chi connectivity index (χ0n) is 7.68. The molecule has 0 unspecified atom stereocenters. The minimum atomic E-state index is -1.00. The quantitative estimate of drug-likeness (QED) is 0.754. The van der Waals surface area contributed by atoms with Crippen LogP contribution in [0.3, 0.4) is 0 Å². The molecule has 4 heteroatoms. The lowest BCUT2D eigenvalue weighted by atomic mass is 10.1. The van der Waals surface area contributed by atoms with E-state index in [4.69, 9.17) is 10.8 Å². The molecule has 2 rings (SSSR count). The zero-order chi connectivity index (χ0) is 10.1. The van der Waals surface area contributed by atoms with Crippen molar-refractivity contribution < 1.29 is 9.90 Å². The van der Waals surface area contributed by atoms with Gasteiger partial charge in [0.2, 0.25) is 0 Å². The van der Waals surface area contributed by atoms with E-state index in [9.17, 15) is 4.79 Å². The molecule has 0 spiro atoms. The number of carbonyl (C=O) groups is 1. The Hall–Kier alpha value is -1.42. The molecule has 1 atom stereocenters. The van der Waals surface area contributed by atoms with Gasteiger partial charge in [0.1, 0.15) is 5.69 Å². The van der Waals surface area contributed by atoms with Crippen LogP contribution < -0.4 is 5.73 Å². The minimum absolute atomic E-state index is 0.0681. The van der Waals surface area contributed by atoms with Crippen LogP contribution in [0.15, 0.2) is 18.2 Å². The van der Waals surface area contributed by atoms with E-state index in [0.717, 1.165) is 12.8 Å². The largest absolute Gasteiger partial charge is 0.477 e. The lowest BCUT2D eigenvalue weighted by Crippen LogP contribution is -2.15. The predicted molar refractivity (Wildman–Crippen MR) is 50.8 cm³/mol. The molecule has 1 saturated carbocycles. The van der Waals surface area contributed by atoms with E-state index in [-0.39, 0.29) is 11.7 Å². The van der Waals surface area contributed by atoms with E-state index < -0.39 is 5.97 Å². The lowest BCUT2D eigenvalue weighted by molar-refractivity contribution is 0.0690. The van der Waals surface area contributed by atoms with Gasteiger partial charge in [-0.05, 0) is 30.9 Å². The zero-order valence-corrected chi connectivity index (χ0v) is 7.68. The maximum absolute atomic E-state index is 10.7. The Kier molecular flexibility index (Phi) is 2.21. The molecular formula is C10H12N2O2. The fourth-order valence-electron chi connectivity index (χ4n) is 1.45. The summed E-state index contributed by atoms with van der Waals surface area (Å²) in [6.07, 6.45) is 2.25. The Bertz CT molecular complexity index is 361. The average molecular weight is 192 g/mol. The third-order valence-electron chi connectivity index (χ3n) is 2.46. The van der Waals surface area contributed by atoms with Gasteiger partial charge in [-0.25, -0.2) is 9.78 Å². The van der Waals surface area contributed by atoms with Crippen molar-refractivity contribution in [1.82, 2.24) is 4.98 Å². The molecule has 3 N–H and O–H groups in total. The van der Waals surface area contributed by atoms with Crippen LogP contribution in [0.25, 0.3) is 0 Å². The number of nitrogens with zero attached hydrogens (tertiary/aromatic N) is 1. The van der Waals surface area contributed by atoms with Gasteiger partial charge < -0.3 is 10.8 Å². The first-order chi connectivity index (χ1) is 6.68. The molecule has 1 heterocycles. The third-order valence-corrected chi connectivity index (χ3v) is 2.46. The van der Waals surface area contributed by atoms with Crippen molar-refractivity contribution in [3.05, 3.63) is 29.6 Å². The molecule has 14 heavy (non-hydrogen) atoms. The Balaban J connectivity index is 2.24. The van der Waals surface area contributed by atoms with Gasteiger partial charge in [0.15, 0.2) is 0 Å². The van der Waals surface area contributed by atoms with Crippen molar-refractivity contribution in [3.8, 4) is 0 Å². The highest BCUT2D eigenvalue weighted by molar-refractivity contribution is 5.85. The number of rotatable bonds is 3. The maximum Gasteiger partial charge on any atom is 0.354 e. The molecule has 1 aliphatic carbocycles. The molecule has 4 nitrogen and oxygen atoms in total. The second-order valence-electron chi connectivity index (χ2n) is 3.62. The van der Waals surface area contributed by atoms with Crippen molar-refractivity contribution in [2.45, 2.75) is 18.9 Å². The van der Waals surface area contributed by atoms with Crippen LogP contribution in [0.1, 0.15) is 35.1 Å². The molecule has 0 aliphatic heterocycles. The van der Waals surface area contributed by atoms with E-state index in [1.807, 2.05) is 0 Å². The average Bonchev–Trinajstić information content (AvgIpc) is 3.00. The highest BCUT2D eigenvalue weighted by Gasteiger charge is 2.30. The SMILES string of the molecule is N[C@H](c1cccc(C(=O)O)n1)C1CC1. The number of pyridine rings is 1. The first-order valence-corrected chi connectivity index (χ1v) is 4.64. The van der Waals surface area contributed by atoms with E-state index >= 15 is 0 Å². The molecule has 0 radical (unpaired) electrons. The minimum Gasteiger partial charge on any atom is -0.477 e. The first-order valence-electron chi connectivity index (χ1n) is 4.64. The van der Waals surface area contributed by atoms with Crippen molar-refractivity contribution in [2.24, 2.45) is 11.7 Å². The number of carboxylic acid groups (broad SMARTS) is 1. The van der Waals surface area contributed by atoms with Crippen molar-refractivity contribution in [1.29, 1.82) is 0 Å². The summed E-state index contributed by atoms with van der Waals surface area (Å²) in [6.45, 7) is 0. The summed E-state index contributed by atoms with van der Waals surface area (Å²) in [7, 11) is 0. The maximum atomic E-state index is 10.7. The standard InChI is InChI=1S/C10H12N2O2/c11-9(6-4-5-6)7-2-1-3-8(12-7)10(13)14/h1-3,6,9H,4-5,11H2,(H,13,14)/t9-/m0/s1. The monoisotopic (exact) mass is 192 g/mol. The molecule has 0 saturated heterocycles. The number of hydrogen-bond donors (Lipinski definition) is 2. The lowest BCUT2D eigenvalue weighted by Gasteiger charge is -2.09.